The third-order valence-electron chi connectivity index (χ3n) is 2.57. The molecule has 18 heavy (non-hydrogen) atoms. The summed E-state index contributed by atoms with van der Waals surface area (Å²) in [4.78, 5) is 23.1. The summed E-state index contributed by atoms with van der Waals surface area (Å²) in [5.74, 6) is -1.25. The summed E-state index contributed by atoms with van der Waals surface area (Å²) in [6, 6.07) is 8.37. The molecule has 0 amide bonds. The number of aromatic nitrogens is 1. The summed E-state index contributed by atoms with van der Waals surface area (Å²) in [5.41, 5.74) is 0.980. The number of aryl methyl sites for hydroxylation is 1. The van der Waals surface area contributed by atoms with Crippen LogP contribution in [0.15, 0.2) is 41.0 Å². The largest absolute Gasteiger partial charge is 0.477 e. The van der Waals surface area contributed by atoms with E-state index in [1.807, 2.05) is 6.07 Å². The smallest absolute Gasteiger partial charge is 0.352 e. The molecule has 2 aromatic rings. The molecule has 2 rings (SSSR count). The Morgan fingerprint density at radius 1 is 1.22 bits per heavy atom. The van der Waals surface area contributed by atoms with Gasteiger partial charge in [-0.3, -0.25) is 4.79 Å². The highest BCUT2D eigenvalue weighted by Crippen LogP contribution is 2.17. The maximum atomic E-state index is 12.2. The summed E-state index contributed by atoms with van der Waals surface area (Å²) < 4.78 is 2.23. The van der Waals surface area contributed by atoms with Crippen molar-refractivity contribution in [1.82, 2.24) is 4.57 Å². The lowest BCUT2D eigenvalue weighted by Gasteiger charge is -1.98. The average molecular weight is 308 g/mol. The Morgan fingerprint density at radius 3 is 2.50 bits per heavy atom. The molecular weight excluding hydrogens is 298 g/mol. The van der Waals surface area contributed by atoms with Gasteiger partial charge in [0.2, 0.25) is 0 Å². The number of carbonyl (C=O) groups excluding carboxylic acids is 1. The van der Waals surface area contributed by atoms with Crippen LogP contribution in [0.1, 0.15) is 26.4 Å². The van der Waals surface area contributed by atoms with E-state index in [9.17, 15) is 9.59 Å². The number of hydrogen-bond acceptors (Lipinski definition) is 2. The Kier molecular flexibility index (Phi) is 3.34. The molecule has 0 radical (unpaired) electrons. The van der Waals surface area contributed by atoms with Crippen molar-refractivity contribution >= 4 is 27.7 Å². The van der Waals surface area contributed by atoms with Crippen molar-refractivity contribution in [3.63, 3.8) is 0 Å². The molecule has 4 nitrogen and oxygen atoms in total. The third-order valence-corrected chi connectivity index (χ3v) is 3.07. The number of hydrogen-bond donors (Lipinski definition) is 1. The molecular formula is C13H10BrNO3. The van der Waals surface area contributed by atoms with E-state index in [4.69, 9.17) is 5.11 Å². The van der Waals surface area contributed by atoms with Gasteiger partial charge in [-0.25, -0.2) is 4.79 Å². The van der Waals surface area contributed by atoms with Crippen molar-refractivity contribution < 1.29 is 14.7 Å². The maximum Gasteiger partial charge on any atom is 0.352 e. The average Bonchev–Trinajstić information content (AvgIpc) is 2.70. The molecule has 1 aromatic heterocycles. The molecule has 0 aliphatic carbocycles. The van der Waals surface area contributed by atoms with Gasteiger partial charge < -0.3 is 9.67 Å². The van der Waals surface area contributed by atoms with E-state index in [0.717, 1.165) is 4.47 Å². The van der Waals surface area contributed by atoms with Crippen molar-refractivity contribution in [3.05, 3.63) is 57.8 Å². The van der Waals surface area contributed by atoms with E-state index in [0.29, 0.717) is 11.1 Å². The van der Waals surface area contributed by atoms with E-state index >= 15 is 0 Å². The summed E-state index contributed by atoms with van der Waals surface area (Å²) in [7, 11) is 1.60. The van der Waals surface area contributed by atoms with Crippen LogP contribution < -0.4 is 0 Å². The molecule has 0 fully saturated rings. The number of ketones is 1. The van der Waals surface area contributed by atoms with Crippen LogP contribution in [0.5, 0.6) is 0 Å². The van der Waals surface area contributed by atoms with Crippen LogP contribution in [0.3, 0.4) is 0 Å². The first-order valence-corrected chi connectivity index (χ1v) is 5.98. The molecule has 0 aliphatic rings. The Labute approximate surface area is 112 Å². The summed E-state index contributed by atoms with van der Waals surface area (Å²) in [6.45, 7) is 0. The number of halogens is 1. The first-order chi connectivity index (χ1) is 8.49. The van der Waals surface area contributed by atoms with Gasteiger partial charge in [-0.05, 0) is 18.2 Å². The molecule has 0 atom stereocenters. The van der Waals surface area contributed by atoms with Gasteiger partial charge in [0, 0.05) is 28.8 Å². The first kappa shape index (κ1) is 12.6. The number of carbonyl (C=O) groups is 2. The second kappa shape index (κ2) is 4.78. The second-order valence-corrected chi connectivity index (χ2v) is 4.79. The number of carboxylic acid groups (broad SMARTS) is 1. The Hall–Kier alpha value is -1.88. The monoisotopic (exact) mass is 307 g/mol. The maximum absolute atomic E-state index is 12.2. The Bertz CT molecular complexity index is 631. The van der Waals surface area contributed by atoms with E-state index in [-0.39, 0.29) is 11.5 Å². The molecule has 0 saturated heterocycles. The van der Waals surface area contributed by atoms with Crippen LogP contribution in [0, 0.1) is 0 Å². The molecule has 0 spiro atoms. The first-order valence-electron chi connectivity index (χ1n) is 5.19. The quantitative estimate of drug-likeness (QED) is 0.887. The number of nitrogens with zero attached hydrogens (tertiary/aromatic N) is 1. The van der Waals surface area contributed by atoms with Crippen LogP contribution in [-0.4, -0.2) is 21.4 Å². The van der Waals surface area contributed by atoms with Crippen molar-refractivity contribution in [2.75, 3.05) is 0 Å². The van der Waals surface area contributed by atoms with E-state index in [1.165, 1.54) is 16.8 Å². The van der Waals surface area contributed by atoms with E-state index in [2.05, 4.69) is 15.9 Å². The minimum Gasteiger partial charge on any atom is -0.477 e. The van der Waals surface area contributed by atoms with Gasteiger partial charge in [-0.2, -0.15) is 0 Å². The summed E-state index contributed by atoms with van der Waals surface area (Å²) in [5, 5.41) is 8.94. The van der Waals surface area contributed by atoms with Gasteiger partial charge in [0.05, 0.1) is 0 Å². The Morgan fingerprint density at radius 2 is 1.94 bits per heavy atom. The highest BCUT2D eigenvalue weighted by atomic mass is 79.9. The number of benzene rings is 1. The molecule has 0 aliphatic heterocycles. The molecule has 0 saturated carbocycles. The van der Waals surface area contributed by atoms with E-state index < -0.39 is 5.97 Å². The van der Waals surface area contributed by atoms with Gasteiger partial charge in [0.1, 0.15) is 5.69 Å². The van der Waals surface area contributed by atoms with Gasteiger partial charge in [-0.15, -0.1) is 0 Å². The zero-order valence-corrected chi connectivity index (χ0v) is 11.1. The van der Waals surface area contributed by atoms with Crippen LogP contribution >= 0.6 is 15.9 Å². The molecule has 92 valence electrons. The van der Waals surface area contributed by atoms with Crippen LogP contribution in [0.25, 0.3) is 0 Å². The number of rotatable bonds is 3. The van der Waals surface area contributed by atoms with Crippen molar-refractivity contribution in [2.45, 2.75) is 0 Å². The number of aromatic carboxylic acids is 1. The van der Waals surface area contributed by atoms with Gasteiger partial charge in [0.15, 0.2) is 5.78 Å². The van der Waals surface area contributed by atoms with Crippen molar-refractivity contribution in [3.8, 4) is 0 Å². The molecule has 1 heterocycles. The van der Waals surface area contributed by atoms with Crippen LogP contribution in [-0.2, 0) is 7.05 Å². The van der Waals surface area contributed by atoms with Crippen LogP contribution in [0.2, 0.25) is 0 Å². The predicted octanol–water partition coefficient (Wildman–Crippen LogP) is 2.72. The fourth-order valence-electron chi connectivity index (χ4n) is 1.70. The van der Waals surface area contributed by atoms with Crippen molar-refractivity contribution in [2.24, 2.45) is 7.05 Å². The van der Waals surface area contributed by atoms with Crippen molar-refractivity contribution in [1.29, 1.82) is 0 Å². The van der Waals surface area contributed by atoms with Crippen LogP contribution in [0.4, 0.5) is 0 Å². The third kappa shape index (κ3) is 2.36. The van der Waals surface area contributed by atoms with Gasteiger partial charge in [0.25, 0.3) is 0 Å². The normalized spacial score (nSPS) is 10.3. The SMILES string of the molecule is Cn1cc(C(=O)c2cccc(Br)c2)cc1C(=O)O. The second-order valence-electron chi connectivity index (χ2n) is 3.87. The zero-order valence-electron chi connectivity index (χ0n) is 9.55. The summed E-state index contributed by atoms with van der Waals surface area (Å²) in [6.07, 6.45) is 1.52. The highest BCUT2D eigenvalue weighted by molar-refractivity contribution is 9.10. The standard InChI is InChI=1S/C13H10BrNO3/c1-15-7-9(6-11(15)13(17)18)12(16)8-3-2-4-10(14)5-8/h2-7H,1H3,(H,17,18). The molecule has 1 N–H and O–H groups in total. The topological polar surface area (TPSA) is 59.3 Å². The lowest BCUT2D eigenvalue weighted by Crippen LogP contribution is -2.02. The molecule has 0 unspecified atom stereocenters. The molecule has 1 aromatic carbocycles. The fourth-order valence-corrected chi connectivity index (χ4v) is 2.10. The lowest BCUT2D eigenvalue weighted by molar-refractivity contribution is 0.0686. The minimum atomic E-state index is -1.05. The molecule has 0 bridgehead atoms. The summed E-state index contributed by atoms with van der Waals surface area (Å²) >= 11 is 3.29. The highest BCUT2D eigenvalue weighted by Gasteiger charge is 2.16. The van der Waals surface area contributed by atoms with Gasteiger partial charge in [-0.1, -0.05) is 28.1 Å². The minimum absolute atomic E-state index is 0.0911. The predicted molar refractivity (Wildman–Crippen MR) is 69.9 cm³/mol. The van der Waals surface area contributed by atoms with E-state index in [1.54, 1.807) is 25.2 Å². The Balaban J connectivity index is 2.40. The fraction of sp³-hybridized carbons (Fsp3) is 0.0769. The molecule has 5 heteroatoms. The zero-order chi connectivity index (χ0) is 13.3. The lowest BCUT2D eigenvalue weighted by atomic mass is 10.1. The number of carboxylic acids is 1. The van der Waals surface area contributed by atoms with Gasteiger partial charge >= 0.3 is 5.97 Å².